The first-order valence-electron chi connectivity index (χ1n) is 5.46. The maximum Gasteiger partial charge on any atom is 0.305 e. The summed E-state index contributed by atoms with van der Waals surface area (Å²) in [7, 11) is 0. The minimum Gasteiger partial charge on any atom is -0.466 e. The van der Waals surface area contributed by atoms with E-state index in [9.17, 15) is 4.79 Å². The molecular formula is C13H22O2. The topological polar surface area (TPSA) is 26.3 Å². The van der Waals surface area contributed by atoms with Crippen molar-refractivity contribution in [3.05, 3.63) is 24.8 Å². The Bertz CT molecular complexity index is 227. The van der Waals surface area contributed by atoms with Gasteiger partial charge in [0.05, 0.1) is 6.61 Å². The zero-order valence-corrected chi connectivity index (χ0v) is 10.1. The van der Waals surface area contributed by atoms with Crippen LogP contribution in [-0.4, -0.2) is 12.6 Å². The van der Waals surface area contributed by atoms with Crippen LogP contribution in [0.4, 0.5) is 0 Å². The molecule has 0 unspecified atom stereocenters. The van der Waals surface area contributed by atoms with Gasteiger partial charge in [-0.2, -0.15) is 0 Å². The van der Waals surface area contributed by atoms with E-state index in [0.717, 1.165) is 12.8 Å². The van der Waals surface area contributed by atoms with Gasteiger partial charge in [-0.1, -0.05) is 39.0 Å². The molecule has 0 N–H and O–H groups in total. The third-order valence-corrected chi connectivity index (χ3v) is 2.17. The molecule has 0 bridgehead atoms. The molecule has 0 aromatic rings. The van der Waals surface area contributed by atoms with Gasteiger partial charge in [0, 0.05) is 6.42 Å². The van der Waals surface area contributed by atoms with E-state index >= 15 is 0 Å². The Balaban J connectivity index is 3.82. The molecule has 0 aliphatic rings. The van der Waals surface area contributed by atoms with Gasteiger partial charge in [0.25, 0.3) is 0 Å². The zero-order chi connectivity index (χ0) is 11.7. The predicted octanol–water partition coefficient (Wildman–Crippen LogP) is 3.49. The number of hydrogen-bond acceptors (Lipinski definition) is 2. The standard InChI is InChI=1S/C13H22O2/c1-5-7-8-9-13(3,4)10-11-15-12(14)6-2/h5,8-9H,1,6-7,10-11H2,2-4H3/b9-8+. The largest absolute Gasteiger partial charge is 0.466 e. The molecule has 0 fully saturated rings. The van der Waals surface area contributed by atoms with Crippen LogP contribution in [-0.2, 0) is 9.53 Å². The van der Waals surface area contributed by atoms with Gasteiger partial charge in [0.15, 0.2) is 0 Å². The van der Waals surface area contributed by atoms with E-state index < -0.39 is 0 Å². The first-order chi connectivity index (χ1) is 7.02. The lowest BCUT2D eigenvalue weighted by molar-refractivity contribution is -0.143. The second kappa shape index (κ2) is 7.27. The van der Waals surface area contributed by atoms with Crippen LogP contribution in [0.15, 0.2) is 24.8 Å². The van der Waals surface area contributed by atoms with Crippen LogP contribution >= 0.6 is 0 Å². The number of allylic oxidation sites excluding steroid dienone is 3. The van der Waals surface area contributed by atoms with Crippen LogP contribution in [0.2, 0.25) is 0 Å². The highest BCUT2D eigenvalue weighted by atomic mass is 16.5. The number of esters is 1. The van der Waals surface area contributed by atoms with Crippen LogP contribution < -0.4 is 0 Å². The summed E-state index contributed by atoms with van der Waals surface area (Å²) in [6.07, 6.45) is 8.30. The Hall–Kier alpha value is -1.05. The van der Waals surface area contributed by atoms with Crippen LogP contribution in [0.1, 0.15) is 40.0 Å². The normalized spacial score (nSPS) is 11.7. The number of ether oxygens (including phenoxy) is 1. The summed E-state index contributed by atoms with van der Waals surface area (Å²) in [4.78, 5) is 10.9. The first-order valence-corrected chi connectivity index (χ1v) is 5.46. The van der Waals surface area contributed by atoms with Crippen LogP contribution in [0.5, 0.6) is 0 Å². The highest BCUT2D eigenvalue weighted by molar-refractivity contribution is 5.68. The Labute approximate surface area is 93.0 Å². The summed E-state index contributed by atoms with van der Waals surface area (Å²) in [6, 6.07) is 0. The first kappa shape index (κ1) is 13.9. The van der Waals surface area contributed by atoms with Gasteiger partial charge in [-0.3, -0.25) is 4.79 Å². The number of carbonyl (C=O) groups excluding carboxylic acids is 1. The fourth-order valence-electron chi connectivity index (χ4n) is 1.10. The molecule has 0 aliphatic carbocycles. The highest BCUT2D eigenvalue weighted by Crippen LogP contribution is 2.22. The maximum absolute atomic E-state index is 10.9. The van der Waals surface area contributed by atoms with Crippen molar-refractivity contribution in [2.24, 2.45) is 5.41 Å². The van der Waals surface area contributed by atoms with Crippen molar-refractivity contribution in [3.8, 4) is 0 Å². The zero-order valence-electron chi connectivity index (χ0n) is 10.1. The molecule has 0 saturated heterocycles. The summed E-state index contributed by atoms with van der Waals surface area (Å²) in [5.41, 5.74) is 0.0804. The Kier molecular flexibility index (Phi) is 6.76. The Morgan fingerprint density at radius 1 is 1.47 bits per heavy atom. The minimum atomic E-state index is -0.124. The molecule has 0 rings (SSSR count). The quantitative estimate of drug-likeness (QED) is 0.475. The molecule has 15 heavy (non-hydrogen) atoms. The molecule has 0 heterocycles. The van der Waals surface area contributed by atoms with E-state index in [1.54, 1.807) is 6.92 Å². The van der Waals surface area contributed by atoms with E-state index in [1.807, 2.05) is 6.08 Å². The van der Waals surface area contributed by atoms with Crippen molar-refractivity contribution >= 4 is 5.97 Å². The average Bonchev–Trinajstić information content (AvgIpc) is 2.17. The lowest BCUT2D eigenvalue weighted by Gasteiger charge is -2.19. The molecule has 0 amide bonds. The number of rotatable bonds is 7. The fourth-order valence-corrected chi connectivity index (χ4v) is 1.10. The fraction of sp³-hybridized carbons (Fsp3) is 0.615. The second-order valence-electron chi connectivity index (χ2n) is 4.24. The van der Waals surface area contributed by atoms with E-state index in [2.05, 4.69) is 32.6 Å². The molecule has 0 aromatic heterocycles. The van der Waals surface area contributed by atoms with Gasteiger partial charge in [-0.25, -0.2) is 0 Å². The summed E-state index contributed by atoms with van der Waals surface area (Å²) in [5, 5.41) is 0. The van der Waals surface area contributed by atoms with Crippen LogP contribution in [0.25, 0.3) is 0 Å². The molecule has 0 aromatic carbocycles. The molecule has 2 heteroatoms. The Morgan fingerprint density at radius 3 is 2.67 bits per heavy atom. The van der Waals surface area contributed by atoms with Crippen molar-refractivity contribution in [2.75, 3.05) is 6.61 Å². The smallest absolute Gasteiger partial charge is 0.305 e. The molecule has 0 radical (unpaired) electrons. The van der Waals surface area contributed by atoms with Gasteiger partial charge in [0.1, 0.15) is 0 Å². The highest BCUT2D eigenvalue weighted by Gasteiger charge is 2.13. The molecule has 0 aliphatic heterocycles. The van der Waals surface area contributed by atoms with E-state index in [1.165, 1.54) is 0 Å². The van der Waals surface area contributed by atoms with Crippen LogP contribution in [0, 0.1) is 5.41 Å². The number of carbonyl (C=O) groups is 1. The number of hydrogen-bond donors (Lipinski definition) is 0. The predicted molar refractivity (Wildman–Crippen MR) is 63.6 cm³/mol. The van der Waals surface area contributed by atoms with Gasteiger partial charge < -0.3 is 4.74 Å². The monoisotopic (exact) mass is 210 g/mol. The Morgan fingerprint density at radius 2 is 2.13 bits per heavy atom. The van der Waals surface area contributed by atoms with Crippen molar-refractivity contribution < 1.29 is 9.53 Å². The van der Waals surface area contributed by atoms with E-state index in [0.29, 0.717) is 13.0 Å². The average molecular weight is 210 g/mol. The summed E-state index contributed by atoms with van der Waals surface area (Å²) >= 11 is 0. The van der Waals surface area contributed by atoms with Crippen molar-refractivity contribution in [3.63, 3.8) is 0 Å². The molecule has 2 nitrogen and oxygen atoms in total. The summed E-state index contributed by atoms with van der Waals surface area (Å²) in [6.45, 7) is 10.2. The molecule has 86 valence electrons. The molecule has 0 atom stereocenters. The van der Waals surface area contributed by atoms with Gasteiger partial charge in [0.2, 0.25) is 0 Å². The maximum atomic E-state index is 10.9. The SMILES string of the molecule is C=CC/C=C/C(C)(C)CCOC(=O)CC. The van der Waals surface area contributed by atoms with Crippen molar-refractivity contribution in [2.45, 2.75) is 40.0 Å². The minimum absolute atomic E-state index is 0.0804. The van der Waals surface area contributed by atoms with Crippen molar-refractivity contribution in [1.29, 1.82) is 0 Å². The van der Waals surface area contributed by atoms with E-state index in [4.69, 9.17) is 4.74 Å². The van der Waals surface area contributed by atoms with Crippen LogP contribution in [0.3, 0.4) is 0 Å². The van der Waals surface area contributed by atoms with Gasteiger partial charge >= 0.3 is 5.97 Å². The third-order valence-electron chi connectivity index (χ3n) is 2.17. The molecular weight excluding hydrogens is 188 g/mol. The van der Waals surface area contributed by atoms with E-state index in [-0.39, 0.29) is 11.4 Å². The van der Waals surface area contributed by atoms with Gasteiger partial charge in [-0.05, 0) is 18.3 Å². The lowest BCUT2D eigenvalue weighted by atomic mass is 9.89. The molecule has 0 saturated carbocycles. The lowest BCUT2D eigenvalue weighted by Crippen LogP contribution is -2.13. The summed E-state index contributed by atoms with van der Waals surface area (Å²) < 4.78 is 5.04. The molecule has 0 spiro atoms. The second-order valence-corrected chi connectivity index (χ2v) is 4.24. The summed E-state index contributed by atoms with van der Waals surface area (Å²) in [5.74, 6) is -0.124. The van der Waals surface area contributed by atoms with Gasteiger partial charge in [-0.15, -0.1) is 6.58 Å². The third kappa shape index (κ3) is 7.98. The van der Waals surface area contributed by atoms with Crippen molar-refractivity contribution in [1.82, 2.24) is 0 Å².